The number of allylic oxidation sites excluding steroid dienone is 1. The minimum atomic E-state index is -4.49. The Bertz CT molecular complexity index is 209. The lowest BCUT2D eigenvalue weighted by atomic mass is 9.94. The van der Waals surface area contributed by atoms with E-state index in [1.165, 1.54) is 5.32 Å². The third kappa shape index (κ3) is 3.34. The van der Waals surface area contributed by atoms with E-state index in [4.69, 9.17) is 0 Å². The lowest BCUT2D eigenvalue weighted by molar-refractivity contribution is -0.168. The predicted molar refractivity (Wildman–Crippen MR) is 40.9 cm³/mol. The maximum Gasteiger partial charge on any atom is 0.457 e. The minimum Gasteiger partial charge on any atom is -0.245 e. The zero-order valence-electron chi connectivity index (χ0n) is 7.16. The highest BCUT2D eigenvalue weighted by Gasteiger charge is 2.35. The monoisotopic (exact) mass is 197 g/mol. The summed E-state index contributed by atoms with van der Waals surface area (Å²) in [5.41, 5.74) is 0.802. The Labute approximate surface area is 73.8 Å². The van der Waals surface area contributed by atoms with Crippen LogP contribution in [0, 0.1) is 0 Å². The molecular formula is C8H11F4N. The first-order valence-electron chi connectivity index (χ1n) is 4.02. The van der Waals surface area contributed by atoms with E-state index >= 15 is 0 Å². The van der Waals surface area contributed by atoms with Crippen molar-refractivity contribution in [3.05, 3.63) is 11.6 Å². The van der Waals surface area contributed by atoms with Crippen molar-refractivity contribution >= 4 is 0 Å². The fraction of sp³-hybridized carbons (Fsp3) is 0.750. The van der Waals surface area contributed by atoms with Gasteiger partial charge in [-0.1, -0.05) is 11.6 Å². The molecule has 0 aromatic carbocycles. The molecule has 1 nitrogen and oxygen atoms in total. The molecular weight excluding hydrogens is 186 g/mol. The van der Waals surface area contributed by atoms with Gasteiger partial charge in [0.25, 0.3) is 0 Å². The van der Waals surface area contributed by atoms with Crippen molar-refractivity contribution in [2.45, 2.75) is 38.3 Å². The molecule has 0 amide bonds. The molecule has 0 saturated carbocycles. The summed E-state index contributed by atoms with van der Waals surface area (Å²) in [4.78, 5) is 0. The summed E-state index contributed by atoms with van der Waals surface area (Å²) in [5.74, 6) is 0. The van der Waals surface area contributed by atoms with Gasteiger partial charge in [0, 0.05) is 0 Å². The molecule has 1 aliphatic rings. The molecule has 2 unspecified atom stereocenters. The van der Waals surface area contributed by atoms with Crippen LogP contribution in [0.1, 0.15) is 19.8 Å². The van der Waals surface area contributed by atoms with Gasteiger partial charge in [0.2, 0.25) is 0 Å². The van der Waals surface area contributed by atoms with Crippen LogP contribution in [0.25, 0.3) is 0 Å². The smallest absolute Gasteiger partial charge is 0.245 e. The highest BCUT2D eigenvalue weighted by atomic mass is 19.4. The summed E-state index contributed by atoms with van der Waals surface area (Å²) >= 11 is 0. The molecule has 0 saturated heterocycles. The van der Waals surface area contributed by atoms with Gasteiger partial charge in [0.15, 0.2) is 0 Å². The van der Waals surface area contributed by atoms with Crippen LogP contribution in [0.4, 0.5) is 17.6 Å². The molecule has 0 bridgehead atoms. The summed E-state index contributed by atoms with van der Waals surface area (Å²) in [6.45, 7) is 1.71. The highest BCUT2D eigenvalue weighted by Crippen LogP contribution is 2.24. The fourth-order valence-corrected chi connectivity index (χ4v) is 1.39. The Kier molecular flexibility index (Phi) is 2.95. The number of halogens is 4. The molecule has 5 heteroatoms. The van der Waals surface area contributed by atoms with Gasteiger partial charge in [-0.05, 0) is 19.8 Å². The van der Waals surface area contributed by atoms with Crippen LogP contribution >= 0.6 is 0 Å². The van der Waals surface area contributed by atoms with Crippen LogP contribution in [-0.2, 0) is 0 Å². The van der Waals surface area contributed by atoms with Crippen LogP contribution < -0.4 is 5.32 Å². The van der Waals surface area contributed by atoms with Crippen molar-refractivity contribution in [1.29, 1.82) is 0 Å². The first-order chi connectivity index (χ1) is 5.88. The maximum atomic E-state index is 12.9. The van der Waals surface area contributed by atoms with Gasteiger partial charge in [-0.25, -0.2) is 9.71 Å². The first kappa shape index (κ1) is 10.5. The van der Waals surface area contributed by atoms with E-state index in [0.717, 1.165) is 5.57 Å². The molecule has 0 aliphatic heterocycles. The van der Waals surface area contributed by atoms with Crippen LogP contribution in [0.2, 0.25) is 0 Å². The first-order valence-corrected chi connectivity index (χ1v) is 4.02. The van der Waals surface area contributed by atoms with Crippen molar-refractivity contribution in [2.24, 2.45) is 0 Å². The Balaban J connectivity index is 2.55. The van der Waals surface area contributed by atoms with Gasteiger partial charge < -0.3 is 0 Å². The Morgan fingerprint density at radius 1 is 1.46 bits per heavy atom. The van der Waals surface area contributed by atoms with Crippen LogP contribution in [-0.4, -0.2) is 18.5 Å². The van der Waals surface area contributed by atoms with Crippen molar-refractivity contribution in [2.75, 3.05) is 0 Å². The van der Waals surface area contributed by atoms with Crippen molar-refractivity contribution in [3.63, 3.8) is 0 Å². The zero-order chi connectivity index (χ0) is 10.1. The largest absolute Gasteiger partial charge is 0.457 e. The van der Waals surface area contributed by atoms with Gasteiger partial charge in [0.05, 0.1) is 6.04 Å². The van der Waals surface area contributed by atoms with E-state index in [0.29, 0.717) is 0 Å². The molecule has 76 valence electrons. The number of nitrogens with one attached hydrogen (secondary N) is 1. The third-order valence-corrected chi connectivity index (χ3v) is 2.02. The molecule has 0 fully saturated rings. The van der Waals surface area contributed by atoms with Gasteiger partial charge in [-0.3, -0.25) is 0 Å². The van der Waals surface area contributed by atoms with Gasteiger partial charge >= 0.3 is 6.30 Å². The third-order valence-electron chi connectivity index (χ3n) is 2.02. The second-order valence-corrected chi connectivity index (χ2v) is 3.25. The number of alkyl halides is 4. The van der Waals surface area contributed by atoms with Gasteiger partial charge in [-0.2, -0.15) is 13.2 Å². The molecule has 0 radical (unpaired) electrons. The molecule has 0 heterocycles. The van der Waals surface area contributed by atoms with Crippen molar-refractivity contribution in [1.82, 2.24) is 5.32 Å². The van der Waals surface area contributed by atoms with Crippen molar-refractivity contribution < 1.29 is 17.6 Å². The lowest BCUT2D eigenvalue weighted by Crippen LogP contribution is -2.47. The quantitative estimate of drug-likeness (QED) is 0.387. The average Bonchev–Trinajstić information content (AvgIpc) is 1.94. The predicted octanol–water partition coefficient (Wildman–Crippen LogP) is 2.54. The molecule has 0 aromatic rings. The normalized spacial score (nSPS) is 30.1. The van der Waals surface area contributed by atoms with E-state index in [2.05, 4.69) is 0 Å². The average molecular weight is 197 g/mol. The maximum absolute atomic E-state index is 12.9. The van der Waals surface area contributed by atoms with E-state index in [1.54, 1.807) is 13.0 Å². The van der Waals surface area contributed by atoms with Crippen molar-refractivity contribution in [3.8, 4) is 0 Å². The van der Waals surface area contributed by atoms with E-state index < -0.39 is 18.5 Å². The topological polar surface area (TPSA) is 12.0 Å². The molecule has 1 aliphatic carbocycles. The van der Waals surface area contributed by atoms with Crippen LogP contribution in [0.3, 0.4) is 0 Å². The van der Waals surface area contributed by atoms with Crippen LogP contribution in [0.5, 0.6) is 0 Å². The highest BCUT2D eigenvalue weighted by molar-refractivity contribution is 5.08. The van der Waals surface area contributed by atoms with Gasteiger partial charge in [0.1, 0.15) is 6.17 Å². The standard InChI is InChI=1S/C8H11F4N/c1-5-2-3-6(9)7(4-5)13-8(10,11)12/h2,6-7,13H,3-4H2,1H3. The molecule has 0 aromatic heterocycles. The Morgan fingerprint density at radius 3 is 2.62 bits per heavy atom. The molecule has 2 atom stereocenters. The summed E-state index contributed by atoms with van der Waals surface area (Å²) < 4.78 is 48.5. The lowest BCUT2D eigenvalue weighted by Gasteiger charge is -2.26. The molecule has 13 heavy (non-hydrogen) atoms. The number of rotatable bonds is 1. The second-order valence-electron chi connectivity index (χ2n) is 3.25. The number of hydrogen-bond donors (Lipinski definition) is 1. The van der Waals surface area contributed by atoms with E-state index in [-0.39, 0.29) is 12.8 Å². The summed E-state index contributed by atoms with van der Waals surface area (Å²) in [7, 11) is 0. The summed E-state index contributed by atoms with van der Waals surface area (Å²) in [6, 6.07) is -1.12. The molecule has 0 spiro atoms. The number of hydrogen-bond acceptors (Lipinski definition) is 1. The summed E-state index contributed by atoms with van der Waals surface area (Å²) in [6.07, 6.45) is -4.10. The van der Waals surface area contributed by atoms with Gasteiger partial charge in [-0.15, -0.1) is 0 Å². The second kappa shape index (κ2) is 3.65. The van der Waals surface area contributed by atoms with Crippen LogP contribution in [0.15, 0.2) is 11.6 Å². The molecule has 1 rings (SSSR count). The SMILES string of the molecule is CC1=CCC(F)C(NC(F)(F)F)C1. The minimum absolute atomic E-state index is 0.0690. The fourth-order valence-electron chi connectivity index (χ4n) is 1.39. The molecule has 1 N–H and O–H groups in total. The van der Waals surface area contributed by atoms with E-state index in [9.17, 15) is 17.6 Å². The zero-order valence-corrected chi connectivity index (χ0v) is 7.16. The van der Waals surface area contributed by atoms with E-state index in [1.807, 2.05) is 0 Å². The Hall–Kier alpha value is -0.580. The summed E-state index contributed by atoms with van der Waals surface area (Å²) in [5, 5.41) is 1.32. The Morgan fingerprint density at radius 2 is 2.08 bits per heavy atom.